The molecular weight excluding hydrogens is 409 g/mol. The standard InChI is InChI=1S/C24H30FN5O2/c1-26-22-17-6-10-27-14-20(17)28-21(29-22)16-7-11-30(15-16)23(31)24(8-12-32-13-9-24)18-4-2-3-5-19(18)25/h2-5,16,27H,6-15H2,1H3,(H,26,28,29). The molecule has 2 N–H and O–H groups in total. The predicted octanol–water partition coefficient (Wildman–Crippen LogP) is 2.37. The van der Waals surface area contributed by atoms with Gasteiger partial charge in [0.1, 0.15) is 17.5 Å². The average molecular weight is 440 g/mol. The molecule has 0 aliphatic carbocycles. The fourth-order valence-corrected chi connectivity index (χ4v) is 5.39. The van der Waals surface area contributed by atoms with Crippen LogP contribution in [0.5, 0.6) is 0 Å². The van der Waals surface area contributed by atoms with Gasteiger partial charge in [0.05, 0.1) is 11.1 Å². The molecule has 0 radical (unpaired) electrons. The van der Waals surface area contributed by atoms with Gasteiger partial charge >= 0.3 is 0 Å². The van der Waals surface area contributed by atoms with E-state index >= 15 is 0 Å². The molecule has 2 aromatic rings. The van der Waals surface area contributed by atoms with Crippen LogP contribution in [0, 0.1) is 5.82 Å². The van der Waals surface area contributed by atoms with Crippen LogP contribution < -0.4 is 10.6 Å². The maximum Gasteiger partial charge on any atom is 0.233 e. The number of halogens is 1. The first-order valence-electron chi connectivity index (χ1n) is 11.5. The molecule has 0 saturated carbocycles. The molecule has 3 aliphatic heterocycles. The van der Waals surface area contributed by atoms with Gasteiger partial charge in [-0.05, 0) is 38.3 Å². The van der Waals surface area contributed by atoms with E-state index < -0.39 is 5.41 Å². The first kappa shape index (κ1) is 21.3. The van der Waals surface area contributed by atoms with Crippen molar-refractivity contribution in [2.75, 3.05) is 45.2 Å². The second-order valence-corrected chi connectivity index (χ2v) is 8.94. The van der Waals surface area contributed by atoms with Crippen LogP contribution in [0.25, 0.3) is 0 Å². The molecular formula is C24H30FN5O2. The van der Waals surface area contributed by atoms with Gasteiger partial charge in [-0.25, -0.2) is 14.4 Å². The van der Waals surface area contributed by atoms with Crippen molar-refractivity contribution >= 4 is 11.7 Å². The van der Waals surface area contributed by atoms with Gasteiger partial charge in [-0.15, -0.1) is 0 Å². The SMILES string of the molecule is CNc1nc(C2CCN(C(=O)C3(c4ccccc4F)CCOCC3)C2)nc2c1CCNC2. The molecule has 4 heterocycles. The number of fused-ring (bicyclic) bond motifs is 1. The molecule has 5 rings (SSSR count). The van der Waals surface area contributed by atoms with E-state index in [1.807, 2.05) is 18.0 Å². The molecule has 1 aromatic heterocycles. The Balaban J connectivity index is 1.41. The number of amides is 1. The maximum atomic E-state index is 14.8. The third kappa shape index (κ3) is 3.65. The van der Waals surface area contributed by atoms with Crippen molar-refractivity contribution < 1.29 is 13.9 Å². The summed E-state index contributed by atoms with van der Waals surface area (Å²) in [5.41, 5.74) is 1.85. The van der Waals surface area contributed by atoms with Gasteiger partial charge in [0.15, 0.2) is 0 Å². The molecule has 1 atom stereocenters. The van der Waals surface area contributed by atoms with Crippen molar-refractivity contribution in [3.8, 4) is 0 Å². The van der Waals surface area contributed by atoms with Crippen molar-refractivity contribution in [1.82, 2.24) is 20.2 Å². The van der Waals surface area contributed by atoms with Gasteiger partial charge in [0.25, 0.3) is 0 Å². The normalized spacial score (nSPS) is 22.4. The summed E-state index contributed by atoms with van der Waals surface area (Å²) >= 11 is 0. The van der Waals surface area contributed by atoms with Gasteiger partial charge in [-0.1, -0.05) is 18.2 Å². The molecule has 2 saturated heterocycles. The molecule has 170 valence electrons. The van der Waals surface area contributed by atoms with Crippen molar-refractivity contribution in [3.63, 3.8) is 0 Å². The first-order valence-corrected chi connectivity index (χ1v) is 11.5. The number of anilines is 1. The van der Waals surface area contributed by atoms with Gasteiger partial charge in [0.2, 0.25) is 5.91 Å². The number of carbonyl (C=O) groups is 1. The summed E-state index contributed by atoms with van der Waals surface area (Å²) in [6.45, 7) is 3.79. The highest BCUT2D eigenvalue weighted by atomic mass is 19.1. The van der Waals surface area contributed by atoms with Gasteiger partial charge < -0.3 is 20.3 Å². The van der Waals surface area contributed by atoms with Crippen LogP contribution in [0.3, 0.4) is 0 Å². The lowest BCUT2D eigenvalue weighted by molar-refractivity contribution is -0.140. The summed E-state index contributed by atoms with van der Waals surface area (Å²) in [5.74, 6) is 1.45. The Morgan fingerprint density at radius 1 is 1.28 bits per heavy atom. The number of hydrogen-bond acceptors (Lipinski definition) is 6. The predicted molar refractivity (Wildman–Crippen MR) is 119 cm³/mol. The molecule has 32 heavy (non-hydrogen) atoms. The Morgan fingerprint density at radius 3 is 2.88 bits per heavy atom. The smallest absolute Gasteiger partial charge is 0.233 e. The van der Waals surface area contributed by atoms with Crippen molar-refractivity contribution in [1.29, 1.82) is 0 Å². The van der Waals surface area contributed by atoms with E-state index in [4.69, 9.17) is 14.7 Å². The average Bonchev–Trinajstić information content (AvgIpc) is 3.34. The Bertz CT molecular complexity index is 991. The molecule has 1 aromatic carbocycles. The van der Waals surface area contributed by atoms with E-state index in [1.54, 1.807) is 12.1 Å². The minimum atomic E-state index is -0.866. The lowest BCUT2D eigenvalue weighted by Crippen LogP contribution is -2.49. The summed E-state index contributed by atoms with van der Waals surface area (Å²) < 4.78 is 20.3. The number of benzene rings is 1. The number of ether oxygens (including phenoxy) is 1. The molecule has 7 nitrogen and oxygen atoms in total. The van der Waals surface area contributed by atoms with Crippen LogP contribution >= 0.6 is 0 Å². The van der Waals surface area contributed by atoms with Crippen LogP contribution in [-0.4, -0.2) is 60.7 Å². The zero-order valence-corrected chi connectivity index (χ0v) is 18.5. The molecule has 0 spiro atoms. The number of nitrogens with one attached hydrogen (secondary N) is 2. The topological polar surface area (TPSA) is 79.4 Å². The Kier molecular flexibility index (Phi) is 5.82. The molecule has 3 aliphatic rings. The number of aromatic nitrogens is 2. The van der Waals surface area contributed by atoms with E-state index in [0.29, 0.717) is 44.7 Å². The van der Waals surface area contributed by atoms with Crippen LogP contribution in [-0.2, 0) is 27.9 Å². The Morgan fingerprint density at radius 2 is 2.09 bits per heavy atom. The highest BCUT2D eigenvalue weighted by Crippen LogP contribution is 2.40. The van der Waals surface area contributed by atoms with Gasteiger partial charge in [-0.2, -0.15) is 0 Å². The third-order valence-corrected chi connectivity index (χ3v) is 7.18. The summed E-state index contributed by atoms with van der Waals surface area (Å²) in [4.78, 5) is 25.4. The van der Waals surface area contributed by atoms with Gasteiger partial charge in [0, 0.05) is 56.9 Å². The van der Waals surface area contributed by atoms with Crippen molar-refractivity contribution in [2.45, 2.75) is 43.6 Å². The van der Waals surface area contributed by atoms with Crippen molar-refractivity contribution in [2.24, 2.45) is 0 Å². The molecule has 1 unspecified atom stereocenters. The van der Waals surface area contributed by atoms with E-state index in [2.05, 4.69) is 10.6 Å². The monoisotopic (exact) mass is 439 g/mol. The zero-order chi connectivity index (χ0) is 22.1. The minimum absolute atomic E-state index is 0.00173. The van der Waals surface area contributed by atoms with E-state index in [9.17, 15) is 9.18 Å². The molecule has 1 amide bonds. The molecule has 0 bridgehead atoms. The van der Waals surface area contributed by atoms with E-state index in [0.717, 1.165) is 43.3 Å². The zero-order valence-electron chi connectivity index (χ0n) is 18.5. The number of hydrogen-bond donors (Lipinski definition) is 2. The van der Waals surface area contributed by atoms with Crippen LogP contribution in [0.4, 0.5) is 10.2 Å². The van der Waals surface area contributed by atoms with Crippen LogP contribution in [0.15, 0.2) is 24.3 Å². The highest BCUT2D eigenvalue weighted by Gasteiger charge is 2.47. The second kappa shape index (κ2) is 8.75. The summed E-state index contributed by atoms with van der Waals surface area (Å²) in [6.07, 6.45) is 2.72. The highest BCUT2D eigenvalue weighted by molar-refractivity contribution is 5.89. The largest absolute Gasteiger partial charge is 0.381 e. The van der Waals surface area contributed by atoms with Crippen LogP contribution in [0.2, 0.25) is 0 Å². The van der Waals surface area contributed by atoms with Crippen LogP contribution in [0.1, 0.15) is 47.8 Å². The van der Waals surface area contributed by atoms with Gasteiger partial charge in [-0.3, -0.25) is 4.79 Å². The Labute approximate surface area is 187 Å². The first-order chi connectivity index (χ1) is 15.6. The summed E-state index contributed by atoms with van der Waals surface area (Å²) in [6, 6.07) is 6.68. The lowest BCUT2D eigenvalue weighted by atomic mass is 9.72. The third-order valence-electron chi connectivity index (χ3n) is 7.18. The fourth-order valence-electron chi connectivity index (χ4n) is 5.39. The summed E-state index contributed by atoms with van der Waals surface area (Å²) in [5, 5.41) is 6.60. The molecule has 8 heteroatoms. The lowest BCUT2D eigenvalue weighted by Gasteiger charge is -2.39. The number of nitrogens with zero attached hydrogens (tertiary/aromatic N) is 3. The van der Waals surface area contributed by atoms with E-state index in [1.165, 1.54) is 11.6 Å². The Hall–Kier alpha value is -2.58. The molecule has 2 fully saturated rings. The number of likely N-dealkylation sites (tertiary alicyclic amines) is 1. The minimum Gasteiger partial charge on any atom is -0.381 e. The number of carbonyl (C=O) groups excluding carboxylic acids is 1. The fraction of sp³-hybridized carbons (Fsp3) is 0.542. The summed E-state index contributed by atoms with van der Waals surface area (Å²) in [7, 11) is 1.89. The van der Waals surface area contributed by atoms with Crippen molar-refractivity contribution in [3.05, 3.63) is 52.7 Å². The number of rotatable bonds is 4. The maximum absolute atomic E-state index is 14.8. The second-order valence-electron chi connectivity index (χ2n) is 8.94. The quantitative estimate of drug-likeness (QED) is 0.762. The van der Waals surface area contributed by atoms with E-state index in [-0.39, 0.29) is 17.6 Å².